The van der Waals surface area contributed by atoms with E-state index in [9.17, 15) is 0 Å². The van der Waals surface area contributed by atoms with Gasteiger partial charge in [-0.1, -0.05) is 18.2 Å². The number of thiazole rings is 1. The number of aryl methyl sites for hydroxylation is 1. The average Bonchev–Trinajstić information content (AvgIpc) is 2.92. The second kappa shape index (κ2) is 6.24. The molecular weight excluding hydrogens is 280 g/mol. The van der Waals surface area contributed by atoms with Gasteiger partial charge in [-0.2, -0.15) is 0 Å². The molecule has 0 bridgehead atoms. The fraction of sp³-hybridized carbons (Fsp3) is 0.235. The predicted octanol–water partition coefficient (Wildman–Crippen LogP) is 3.90. The molecule has 0 aliphatic rings. The molecule has 0 unspecified atom stereocenters. The standard InChI is InChI=1S/C17H18N2OS/c1-12-17(21-11-19-12)10-18-9-13-3-4-15-8-16(20-2)6-5-14(15)7-13/h3-8,11,18H,9-10H2,1-2H3. The van der Waals surface area contributed by atoms with E-state index in [1.165, 1.54) is 21.2 Å². The minimum Gasteiger partial charge on any atom is -0.497 e. The van der Waals surface area contributed by atoms with E-state index in [1.54, 1.807) is 18.4 Å². The lowest BCUT2D eigenvalue weighted by Crippen LogP contribution is -2.12. The molecule has 0 saturated carbocycles. The highest BCUT2D eigenvalue weighted by atomic mass is 32.1. The zero-order valence-electron chi connectivity index (χ0n) is 12.2. The smallest absolute Gasteiger partial charge is 0.119 e. The van der Waals surface area contributed by atoms with Crippen LogP contribution in [0.15, 0.2) is 41.9 Å². The van der Waals surface area contributed by atoms with Gasteiger partial charge in [0.1, 0.15) is 5.75 Å². The van der Waals surface area contributed by atoms with Gasteiger partial charge in [-0.3, -0.25) is 0 Å². The van der Waals surface area contributed by atoms with Crippen LogP contribution in [0.2, 0.25) is 0 Å². The van der Waals surface area contributed by atoms with Gasteiger partial charge in [0.2, 0.25) is 0 Å². The molecule has 3 nitrogen and oxygen atoms in total. The molecule has 0 fully saturated rings. The number of methoxy groups -OCH3 is 1. The molecule has 0 amide bonds. The summed E-state index contributed by atoms with van der Waals surface area (Å²) in [4.78, 5) is 5.57. The Morgan fingerprint density at radius 2 is 1.90 bits per heavy atom. The van der Waals surface area contributed by atoms with Crippen LogP contribution < -0.4 is 10.1 Å². The second-order valence-corrected chi connectivity index (χ2v) is 5.95. The molecule has 4 heteroatoms. The lowest BCUT2D eigenvalue weighted by Gasteiger charge is -2.07. The maximum Gasteiger partial charge on any atom is 0.119 e. The van der Waals surface area contributed by atoms with E-state index >= 15 is 0 Å². The molecule has 0 aliphatic heterocycles. The molecule has 0 atom stereocenters. The molecule has 21 heavy (non-hydrogen) atoms. The maximum absolute atomic E-state index is 5.25. The summed E-state index contributed by atoms with van der Waals surface area (Å²) in [6, 6.07) is 12.7. The Labute approximate surface area is 128 Å². The maximum atomic E-state index is 5.25. The average molecular weight is 298 g/mol. The topological polar surface area (TPSA) is 34.1 Å². The van der Waals surface area contributed by atoms with Crippen molar-refractivity contribution in [2.75, 3.05) is 7.11 Å². The Kier molecular flexibility index (Phi) is 4.18. The van der Waals surface area contributed by atoms with Crippen molar-refractivity contribution in [2.45, 2.75) is 20.0 Å². The number of aromatic nitrogens is 1. The first-order chi connectivity index (χ1) is 10.3. The van der Waals surface area contributed by atoms with Gasteiger partial charge in [0.25, 0.3) is 0 Å². The first kappa shape index (κ1) is 14.0. The third-order valence-electron chi connectivity index (χ3n) is 3.57. The molecule has 108 valence electrons. The SMILES string of the molecule is COc1ccc2cc(CNCc3scnc3C)ccc2c1. The van der Waals surface area contributed by atoms with Crippen molar-refractivity contribution in [3.8, 4) is 5.75 Å². The number of rotatable bonds is 5. The quantitative estimate of drug-likeness (QED) is 0.775. The van der Waals surface area contributed by atoms with Crippen molar-refractivity contribution in [1.82, 2.24) is 10.3 Å². The van der Waals surface area contributed by atoms with Crippen LogP contribution in [0.1, 0.15) is 16.1 Å². The van der Waals surface area contributed by atoms with Crippen molar-refractivity contribution in [3.63, 3.8) is 0 Å². The third kappa shape index (κ3) is 3.23. The van der Waals surface area contributed by atoms with E-state index in [0.717, 1.165) is 24.5 Å². The number of nitrogens with one attached hydrogen (secondary N) is 1. The first-order valence-corrected chi connectivity index (χ1v) is 7.80. The minimum atomic E-state index is 0.860. The highest BCUT2D eigenvalue weighted by Crippen LogP contribution is 2.22. The van der Waals surface area contributed by atoms with E-state index < -0.39 is 0 Å². The van der Waals surface area contributed by atoms with E-state index in [-0.39, 0.29) is 0 Å². The van der Waals surface area contributed by atoms with Gasteiger partial charge < -0.3 is 10.1 Å². The van der Waals surface area contributed by atoms with Crippen molar-refractivity contribution in [3.05, 3.63) is 58.0 Å². The molecular formula is C17H18N2OS. The normalized spacial score (nSPS) is 11.0. The van der Waals surface area contributed by atoms with E-state index in [4.69, 9.17) is 4.74 Å². The van der Waals surface area contributed by atoms with E-state index in [2.05, 4.69) is 47.6 Å². The van der Waals surface area contributed by atoms with Crippen molar-refractivity contribution in [2.24, 2.45) is 0 Å². The molecule has 0 saturated heterocycles. The summed E-state index contributed by atoms with van der Waals surface area (Å²) in [5.41, 5.74) is 4.31. The number of fused-ring (bicyclic) bond motifs is 1. The van der Waals surface area contributed by atoms with Gasteiger partial charge in [0, 0.05) is 18.0 Å². The number of hydrogen-bond acceptors (Lipinski definition) is 4. The van der Waals surface area contributed by atoms with Crippen molar-refractivity contribution >= 4 is 22.1 Å². The molecule has 1 N–H and O–H groups in total. The van der Waals surface area contributed by atoms with Gasteiger partial charge in [0.15, 0.2) is 0 Å². The number of nitrogens with zero attached hydrogens (tertiary/aromatic N) is 1. The summed E-state index contributed by atoms with van der Waals surface area (Å²) in [6.45, 7) is 3.79. The highest BCUT2D eigenvalue weighted by molar-refractivity contribution is 7.09. The van der Waals surface area contributed by atoms with Crippen LogP contribution in [-0.2, 0) is 13.1 Å². The predicted molar refractivity (Wildman–Crippen MR) is 87.9 cm³/mol. The zero-order valence-corrected chi connectivity index (χ0v) is 13.0. The van der Waals surface area contributed by atoms with Gasteiger partial charge in [0.05, 0.1) is 18.3 Å². The zero-order chi connectivity index (χ0) is 14.7. The molecule has 1 heterocycles. The van der Waals surface area contributed by atoms with Crippen LogP contribution in [0.3, 0.4) is 0 Å². The van der Waals surface area contributed by atoms with Crippen LogP contribution >= 0.6 is 11.3 Å². The summed E-state index contributed by atoms with van der Waals surface area (Å²) >= 11 is 1.70. The molecule has 0 radical (unpaired) electrons. The Balaban J connectivity index is 1.68. The Morgan fingerprint density at radius 1 is 1.10 bits per heavy atom. The van der Waals surface area contributed by atoms with Crippen LogP contribution in [0.25, 0.3) is 10.8 Å². The minimum absolute atomic E-state index is 0.860. The third-order valence-corrected chi connectivity index (χ3v) is 4.51. The molecule has 3 rings (SSSR count). The molecule has 2 aromatic carbocycles. The van der Waals surface area contributed by atoms with Gasteiger partial charge in [-0.05, 0) is 41.5 Å². The monoisotopic (exact) mass is 298 g/mol. The molecule has 0 aliphatic carbocycles. The molecule has 0 spiro atoms. The molecule has 1 aromatic heterocycles. The first-order valence-electron chi connectivity index (χ1n) is 6.92. The second-order valence-electron chi connectivity index (χ2n) is 5.01. The Hall–Kier alpha value is -1.91. The van der Waals surface area contributed by atoms with Gasteiger partial charge in [-0.25, -0.2) is 4.98 Å². The van der Waals surface area contributed by atoms with E-state index in [1.807, 2.05) is 11.6 Å². The summed E-state index contributed by atoms with van der Waals surface area (Å²) in [5.74, 6) is 0.897. The van der Waals surface area contributed by atoms with Crippen molar-refractivity contribution in [1.29, 1.82) is 0 Å². The van der Waals surface area contributed by atoms with E-state index in [0.29, 0.717) is 0 Å². The Morgan fingerprint density at radius 3 is 2.67 bits per heavy atom. The Bertz CT molecular complexity index is 751. The lowest BCUT2D eigenvalue weighted by atomic mass is 10.1. The number of benzene rings is 2. The summed E-state index contributed by atoms with van der Waals surface area (Å²) < 4.78 is 5.25. The number of ether oxygens (including phenoxy) is 1. The van der Waals surface area contributed by atoms with Crippen LogP contribution in [-0.4, -0.2) is 12.1 Å². The van der Waals surface area contributed by atoms with Crippen LogP contribution in [0.4, 0.5) is 0 Å². The lowest BCUT2D eigenvalue weighted by molar-refractivity contribution is 0.415. The van der Waals surface area contributed by atoms with Crippen LogP contribution in [0, 0.1) is 6.92 Å². The fourth-order valence-corrected chi connectivity index (χ4v) is 3.07. The molecule has 3 aromatic rings. The highest BCUT2D eigenvalue weighted by Gasteiger charge is 2.02. The largest absolute Gasteiger partial charge is 0.497 e. The fourth-order valence-electron chi connectivity index (χ4n) is 2.33. The van der Waals surface area contributed by atoms with Gasteiger partial charge >= 0.3 is 0 Å². The number of hydrogen-bond donors (Lipinski definition) is 1. The summed E-state index contributed by atoms with van der Waals surface area (Å²) in [6.07, 6.45) is 0. The van der Waals surface area contributed by atoms with Crippen molar-refractivity contribution < 1.29 is 4.74 Å². The summed E-state index contributed by atoms with van der Waals surface area (Å²) in [7, 11) is 1.70. The van der Waals surface area contributed by atoms with Gasteiger partial charge in [-0.15, -0.1) is 11.3 Å². The van der Waals surface area contributed by atoms with Crippen LogP contribution in [0.5, 0.6) is 5.75 Å². The summed E-state index contributed by atoms with van der Waals surface area (Å²) in [5, 5.41) is 5.92.